The summed E-state index contributed by atoms with van der Waals surface area (Å²) in [5, 5.41) is 0. The first-order valence-electron chi connectivity index (χ1n) is 15.5. The number of carbonyl (C=O) groups excluding carboxylic acids is 2. The van der Waals surface area contributed by atoms with Crippen molar-refractivity contribution in [3.63, 3.8) is 0 Å². The van der Waals surface area contributed by atoms with Crippen molar-refractivity contribution >= 4 is 28.6 Å². The number of hydrogen-bond donors (Lipinski definition) is 0. The van der Waals surface area contributed by atoms with Gasteiger partial charge in [0.1, 0.15) is 11.5 Å². The first-order chi connectivity index (χ1) is 23.5. The molecule has 0 bridgehead atoms. The highest BCUT2D eigenvalue weighted by atomic mass is 16.5. The summed E-state index contributed by atoms with van der Waals surface area (Å²) >= 11 is 0. The maximum absolute atomic E-state index is 14.0. The second-order valence-electron chi connectivity index (χ2n) is 11.2. The third-order valence-electron chi connectivity index (χ3n) is 8.32. The van der Waals surface area contributed by atoms with Gasteiger partial charge in [0.05, 0.1) is 20.1 Å². The van der Waals surface area contributed by atoms with Crippen molar-refractivity contribution in [2.45, 2.75) is 0 Å². The minimum atomic E-state index is -0.239. The summed E-state index contributed by atoms with van der Waals surface area (Å²) in [6, 6.07) is 34.1. The largest absolute Gasteiger partial charge is 0.497 e. The lowest BCUT2D eigenvalue weighted by molar-refractivity contribution is 0.0978. The van der Waals surface area contributed by atoms with E-state index in [1.54, 1.807) is 50.6 Å². The molecule has 0 heterocycles. The number of nitrogens with zero attached hydrogens (tertiary/aromatic N) is 1. The van der Waals surface area contributed by atoms with E-state index in [2.05, 4.69) is 28.6 Å². The van der Waals surface area contributed by atoms with Gasteiger partial charge in [-0.1, -0.05) is 72.3 Å². The Bertz CT molecular complexity index is 2180. The third kappa shape index (κ3) is 5.78. The van der Waals surface area contributed by atoms with Crippen molar-refractivity contribution in [3.05, 3.63) is 172 Å². The molecule has 230 valence electrons. The van der Waals surface area contributed by atoms with Crippen LogP contribution < -0.4 is 14.4 Å². The van der Waals surface area contributed by atoms with Crippen LogP contribution >= 0.6 is 0 Å². The summed E-state index contributed by atoms with van der Waals surface area (Å²) < 4.78 is 10.7. The molecule has 2 aliphatic rings. The predicted octanol–water partition coefficient (Wildman–Crippen LogP) is 8.44. The number of anilines is 3. The zero-order valence-electron chi connectivity index (χ0n) is 26.4. The van der Waals surface area contributed by atoms with Gasteiger partial charge >= 0.3 is 0 Å². The Morgan fingerprint density at radius 2 is 1.02 bits per heavy atom. The maximum Gasteiger partial charge on any atom is 0.197 e. The van der Waals surface area contributed by atoms with Gasteiger partial charge in [0.2, 0.25) is 0 Å². The number of rotatable bonds is 5. The second kappa shape index (κ2) is 13.0. The van der Waals surface area contributed by atoms with Crippen molar-refractivity contribution in [3.8, 4) is 35.2 Å². The van der Waals surface area contributed by atoms with E-state index in [4.69, 9.17) is 9.47 Å². The normalized spacial score (nSPS) is 12.7. The van der Waals surface area contributed by atoms with Crippen LogP contribution in [0.15, 0.2) is 133 Å². The number of fused-ring (bicyclic) bond motifs is 2. The van der Waals surface area contributed by atoms with Crippen LogP contribution in [0.25, 0.3) is 0 Å². The highest BCUT2D eigenvalue weighted by Gasteiger charge is 2.33. The minimum absolute atomic E-state index is 0.0187. The molecule has 5 heteroatoms. The van der Waals surface area contributed by atoms with Crippen LogP contribution in [0, 0.1) is 29.6 Å². The Labute approximate surface area is 279 Å². The number of ether oxygens (including phenoxy) is 2. The molecule has 5 nitrogen and oxygen atoms in total. The molecule has 0 amide bonds. The van der Waals surface area contributed by atoms with E-state index < -0.39 is 0 Å². The van der Waals surface area contributed by atoms with Gasteiger partial charge in [0.15, 0.2) is 11.6 Å². The molecule has 5 aromatic rings. The lowest BCUT2D eigenvalue weighted by atomic mass is 9.80. The smallest absolute Gasteiger partial charge is 0.197 e. The number of carbonyl (C=O) groups is 2. The molecule has 48 heavy (non-hydrogen) atoms. The van der Waals surface area contributed by atoms with Gasteiger partial charge in [-0.2, -0.15) is 0 Å². The number of methoxy groups -OCH3 is 2. The van der Waals surface area contributed by atoms with E-state index in [9.17, 15) is 9.59 Å². The van der Waals surface area contributed by atoms with E-state index in [1.807, 2.05) is 97.1 Å². The molecule has 7 rings (SSSR count). The SMILES string of the molecule is COc1ccc(N(c2ccc(C#Cc3cccc4c3C(=O)c3c(C#CC5C=CC=C5)cccc3C4=O)cc2)c2ccc(OC)cc2)cc1. The highest BCUT2D eigenvalue weighted by Crippen LogP contribution is 2.36. The van der Waals surface area contributed by atoms with Crippen molar-refractivity contribution in [2.24, 2.45) is 5.92 Å². The molecule has 5 aromatic carbocycles. The van der Waals surface area contributed by atoms with Crippen LogP contribution in [0.5, 0.6) is 11.5 Å². The first-order valence-corrected chi connectivity index (χ1v) is 15.5. The van der Waals surface area contributed by atoms with Gasteiger partial charge in [0.25, 0.3) is 0 Å². The van der Waals surface area contributed by atoms with Gasteiger partial charge < -0.3 is 14.4 Å². The topological polar surface area (TPSA) is 55.8 Å². The van der Waals surface area contributed by atoms with Crippen molar-refractivity contribution in [1.82, 2.24) is 0 Å². The average molecular weight is 624 g/mol. The second-order valence-corrected chi connectivity index (χ2v) is 11.2. The molecule has 0 spiro atoms. The Balaban J connectivity index is 1.21. The van der Waals surface area contributed by atoms with E-state index in [-0.39, 0.29) is 17.5 Å². The van der Waals surface area contributed by atoms with Crippen LogP contribution in [0.2, 0.25) is 0 Å². The molecule has 0 radical (unpaired) electrons. The molecular formula is C43H29NO4. The average Bonchev–Trinajstić information content (AvgIpc) is 3.67. The predicted molar refractivity (Wildman–Crippen MR) is 189 cm³/mol. The van der Waals surface area contributed by atoms with Crippen molar-refractivity contribution in [2.75, 3.05) is 19.1 Å². The lowest BCUT2D eigenvalue weighted by Crippen LogP contribution is -2.23. The molecule has 2 aliphatic carbocycles. The first kappa shape index (κ1) is 30.1. The molecular weight excluding hydrogens is 594 g/mol. The van der Waals surface area contributed by atoms with E-state index >= 15 is 0 Å². The Kier molecular flexibility index (Phi) is 8.18. The molecule has 0 N–H and O–H groups in total. The number of allylic oxidation sites excluding steroid dienone is 4. The molecule has 0 aromatic heterocycles. The van der Waals surface area contributed by atoms with Gasteiger partial charge in [-0.25, -0.2) is 0 Å². The quantitative estimate of drug-likeness (QED) is 0.181. The fraction of sp³-hybridized carbons (Fsp3) is 0.0698. The van der Waals surface area contributed by atoms with Gasteiger partial charge in [-0.3, -0.25) is 9.59 Å². The zero-order valence-corrected chi connectivity index (χ0v) is 26.4. The summed E-state index contributed by atoms with van der Waals surface area (Å²) in [6.45, 7) is 0. The van der Waals surface area contributed by atoms with Crippen molar-refractivity contribution in [1.29, 1.82) is 0 Å². The van der Waals surface area contributed by atoms with Gasteiger partial charge in [-0.15, -0.1) is 0 Å². The molecule has 0 fully saturated rings. The van der Waals surface area contributed by atoms with E-state index in [0.717, 1.165) is 34.1 Å². The zero-order chi connectivity index (χ0) is 33.0. The summed E-state index contributed by atoms with van der Waals surface area (Å²) in [7, 11) is 3.29. The molecule has 0 atom stereocenters. The lowest BCUT2D eigenvalue weighted by Gasteiger charge is -2.25. The van der Waals surface area contributed by atoms with Crippen LogP contribution in [0.4, 0.5) is 17.1 Å². The summed E-state index contributed by atoms with van der Waals surface area (Å²) in [6.07, 6.45) is 7.86. The molecule has 0 saturated carbocycles. The Morgan fingerprint density at radius 1 is 0.542 bits per heavy atom. The molecule has 0 saturated heterocycles. The van der Waals surface area contributed by atoms with Crippen LogP contribution in [0.3, 0.4) is 0 Å². The monoisotopic (exact) mass is 623 g/mol. The number of benzene rings is 5. The Hall–Kier alpha value is -6.56. The van der Waals surface area contributed by atoms with E-state index in [1.165, 1.54) is 0 Å². The summed E-state index contributed by atoms with van der Waals surface area (Å²) in [4.78, 5) is 29.8. The fourth-order valence-corrected chi connectivity index (χ4v) is 5.88. The van der Waals surface area contributed by atoms with Crippen molar-refractivity contribution < 1.29 is 19.1 Å². The summed E-state index contributed by atoms with van der Waals surface area (Å²) in [5.41, 5.74) is 6.04. The minimum Gasteiger partial charge on any atom is -0.497 e. The Morgan fingerprint density at radius 3 is 1.52 bits per heavy atom. The maximum atomic E-state index is 14.0. The van der Waals surface area contributed by atoms with E-state index in [0.29, 0.717) is 33.4 Å². The third-order valence-corrected chi connectivity index (χ3v) is 8.32. The van der Waals surface area contributed by atoms with Gasteiger partial charge in [-0.05, 0) is 84.9 Å². The summed E-state index contributed by atoms with van der Waals surface area (Å²) in [5.74, 6) is 13.8. The molecule has 0 unspecified atom stereocenters. The van der Waals surface area contributed by atoms with Crippen LogP contribution in [-0.4, -0.2) is 25.8 Å². The number of ketones is 2. The van der Waals surface area contributed by atoms with Gasteiger partial charge in [0, 0.05) is 56.0 Å². The standard InChI is InChI=1S/C43H29NO4/c1-47-36-25-21-34(22-26-36)44(35-23-27-37(48-2)28-24-35)33-19-15-30(16-20-33)14-18-32-10-6-12-39-41(32)43(46)40-31(9-5-11-38(40)42(39)45)17-13-29-7-3-4-8-29/h3-12,15-16,19-29H,1-2H3. The molecule has 0 aliphatic heterocycles. The number of hydrogen-bond acceptors (Lipinski definition) is 5. The fourth-order valence-electron chi connectivity index (χ4n) is 5.88. The van der Waals surface area contributed by atoms with Crippen LogP contribution in [0.1, 0.15) is 48.5 Å². The van der Waals surface area contributed by atoms with Crippen LogP contribution in [-0.2, 0) is 0 Å². The highest BCUT2D eigenvalue weighted by molar-refractivity contribution is 6.30.